The van der Waals surface area contributed by atoms with Gasteiger partial charge in [0.1, 0.15) is 0 Å². The third-order valence-corrected chi connectivity index (χ3v) is 4.96. The van der Waals surface area contributed by atoms with Crippen LogP contribution in [0.25, 0.3) is 0 Å². The van der Waals surface area contributed by atoms with Crippen molar-refractivity contribution in [1.82, 2.24) is 20.1 Å². The van der Waals surface area contributed by atoms with Gasteiger partial charge in [-0.2, -0.15) is 0 Å². The van der Waals surface area contributed by atoms with Gasteiger partial charge in [-0.05, 0) is 12.5 Å². The molecule has 3 rings (SSSR count). The molecule has 0 spiro atoms. The van der Waals surface area contributed by atoms with E-state index in [1.165, 1.54) is 0 Å². The second kappa shape index (κ2) is 7.21. The van der Waals surface area contributed by atoms with Crippen LogP contribution in [0.15, 0.2) is 12.3 Å². The number of pyridine rings is 1. The highest BCUT2D eigenvalue weighted by molar-refractivity contribution is 6.34. The molecule has 2 aliphatic rings. The van der Waals surface area contributed by atoms with Gasteiger partial charge in [0, 0.05) is 39.5 Å². The van der Waals surface area contributed by atoms with Crippen LogP contribution in [-0.2, 0) is 11.3 Å². The number of piperidine rings is 1. The van der Waals surface area contributed by atoms with Crippen molar-refractivity contribution < 1.29 is 9.53 Å². The summed E-state index contributed by atoms with van der Waals surface area (Å²) >= 11 is 12.1. The van der Waals surface area contributed by atoms with Crippen LogP contribution in [0.4, 0.5) is 4.79 Å². The lowest BCUT2D eigenvalue weighted by atomic mass is 10.00. The topological polar surface area (TPSA) is 57.7 Å². The first-order chi connectivity index (χ1) is 11.1. The predicted octanol–water partition coefficient (Wildman–Crippen LogP) is 2.00. The van der Waals surface area contributed by atoms with Gasteiger partial charge in [-0.25, -0.2) is 4.79 Å². The zero-order valence-electron chi connectivity index (χ0n) is 13.0. The fraction of sp³-hybridized carbons (Fsp3) is 0.600. The summed E-state index contributed by atoms with van der Waals surface area (Å²) in [6.07, 6.45) is 2.54. The fourth-order valence-electron chi connectivity index (χ4n) is 3.29. The molecule has 0 saturated carbocycles. The molecule has 6 nitrogen and oxygen atoms in total. The first-order valence-corrected chi connectivity index (χ1v) is 8.42. The van der Waals surface area contributed by atoms with E-state index in [-0.39, 0.29) is 18.1 Å². The summed E-state index contributed by atoms with van der Waals surface area (Å²) in [5, 5.41) is 4.19. The van der Waals surface area contributed by atoms with E-state index in [0.717, 1.165) is 25.2 Å². The van der Waals surface area contributed by atoms with Crippen molar-refractivity contribution in [3.05, 3.63) is 28.0 Å². The Hall–Kier alpha value is -1.08. The fourth-order valence-corrected chi connectivity index (χ4v) is 3.73. The maximum absolute atomic E-state index is 12.1. The van der Waals surface area contributed by atoms with Crippen LogP contribution in [-0.4, -0.2) is 66.2 Å². The Morgan fingerprint density at radius 2 is 2.30 bits per heavy atom. The van der Waals surface area contributed by atoms with Crippen molar-refractivity contribution in [2.75, 3.05) is 33.4 Å². The molecule has 0 aromatic carbocycles. The van der Waals surface area contributed by atoms with E-state index in [0.29, 0.717) is 29.7 Å². The zero-order chi connectivity index (χ0) is 16.4. The number of urea groups is 1. The molecule has 0 radical (unpaired) electrons. The third-order valence-electron chi connectivity index (χ3n) is 4.42. The molecule has 2 amide bonds. The number of fused-ring (bicyclic) bond motifs is 1. The van der Waals surface area contributed by atoms with Gasteiger partial charge in [-0.1, -0.05) is 23.2 Å². The number of ether oxygens (including phenoxy) is 1. The highest BCUT2D eigenvalue weighted by Crippen LogP contribution is 2.25. The van der Waals surface area contributed by atoms with Crippen LogP contribution in [0.3, 0.4) is 0 Å². The van der Waals surface area contributed by atoms with Crippen molar-refractivity contribution in [2.45, 2.75) is 25.0 Å². The van der Waals surface area contributed by atoms with Crippen LogP contribution < -0.4 is 5.32 Å². The van der Waals surface area contributed by atoms with E-state index in [1.807, 2.05) is 4.90 Å². The molecule has 2 aliphatic heterocycles. The molecule has 8 heteroatoms. The van der Waals surface area contributed by atoms with Crippen LogP contribution in [0.1, 0.15) is 12.1 Å². The average molecular weight is 359 g/mol. The highest BCUT2D eigenvalue weighted by atomic mass is 35.5. The van der Waals surface area contributed by atoms with Gasteiger partial charge in [0.2, 0.25) is 0 Å². The molecular weight excluding hydrogens is 339 g/mol. The normalized spacial score (nSPS) is 24.7. The van der Waals surface area contributed by atoms with Gasteiger partial charge < -0.3 is 15.0 Å². The van der Waals surface area contributed by atoms with Crippen molar-refractivity contribution in [3.63, 3.8) is 0 Å². The van der Waals surface area contributed by atoms with Crippen molar-refractivity contribution >= 4 is 29.2 Å². The monoisotopic (exact) mass is 358 g/mol. The lowest BCUT2D eigenvalue weighted by molar-refractivity contribution is 0.110. The van der Waals surface area contributed by atoms with E-state index < -0.39 is 0 Å². The molecule has 3 heterocycles. The van der Waals surface area contributed by atoms with Gasteiger partial charge in [-0.15, -0.1) is 0 Å². The molecule has 126 valence electrons. The summed E-state index contributed by atoms with van der Waals surface area (Å²) in [5.41, 5.74) is 0.815. The Bertz CT molecular complexity index is 587. The van der Waals surface area contributed by atoms with Crippen molar-refractivity contribution in [3.8, 4) is 0 Å². The minimum atomic E-state index is 0.00144. The number of likely N-dealkylation sites (tertiary alicyclic amines) is 1. The van der Waals surface area contributed by atoms with E-state index in [4.69, 9.17) is 27.9 Å². The molecule has 0 unspecified atom stereocenters. The number of hydrogen-bond donors (Lipinski definition) is 1. The molecule has 2 fully saturated rings. The lowest BCUT2D eigenvalue weighted by Gasteiger charge is -2.36. The van der Waals surface area contributed by atoms with Gasteiger partial charge in [0.25, 0.3) is 0 Å². The van der Waals surface area contributed by atoms with E-state index in [1.54, 1.807) is 19.4 Å². The van der Waals surface area contributed by atoms with Gasteiger partial charge >= 0.3 is 6.03 Å². The number of nitrogens with one attached hydrogen (secondary N) is 1. The average Bonchev–Trinajstić information content (AvgIpc) is 2.82. The minimum absolute atomic E-state index is 0.00144. The summed E-state index contributed by atoms with van der Waals surface area (Å²) in [5.74, 6) is 0. The number of carbonyl (C=O) groups is 1. The third kappa shape index (κ3) is 3.71. The SMILES string of the molecule is COCCN1C(=O)N[C@@H]2CN(Cc3ncc(Cl)cc3Cl)CC[C@@H]21. The number of rotatable bonds is 5. The van der Waals surface area contributed by atoms with Crippen LogP contribution in [0.5, 0.6) is 0 Å². The largest absolute Gasteiger partial charge is 0.383 e. The Labute approximate surface area is 145 Å². The number of hydrogen-bond acceptors (Lipinski definition) is 4. The number of halogens is 2. The zero-order valence-corrected chi connectivity index (χ0v) is 14.5. The van der Waals surface area contributed by atoms with Crippen molar-refractivity contribution in [1.29, 1.82) is 0 Å². The Morgan fingerprint density at radius 1 is 1.48 bits per heavy atom. The molecule has 2 saturated heterocycles. The van der Waals surface area contributed by atoms with E-state index >= 15 is 0 Å². The quantitative estimate of drug-likeness (QED) is 0.874. The van der Waals surface area contributed by atoms with Crippen LogP contribution >= 0.6 is 23.2 Å². The Kier molecular flexibility index (Phi) is 5.26. The molecule has 0 bridgehead atoms. The maximum Gasteiger partial charge on any atom is 0.318 e. The molecule has 2 atom stereocenters. The first kappa shape index (κ1) is 16.8. The van der Waals surface area contributed by atoms with Gasteiger partial charge in [0.05, 0.1) is 34.4 Å². The summed E-state index contributed by atoms with van der Waals surface area (Å²) in [7, 11) is 1.65. The molecule has 1 N–H and O–H groups in total. The van der Waals surface area contributed by atoms with E-state index in [2.05, 4.69) is 15.2 Å². The summed E-state index contributed by atoms with van der Waals surface area (Å²) in [6, 6.07) is 2.09. The van der Waals surface area contributed by atoms with Crippen LogP contribution in [0, 0.1) is 0 Å². The molecule has 0 aliphatic carbocycles. The molecule has 1 aromatic heterocycles. The number of nitrogens with zero attached hydrogens (tertiary/aromatic N) is 3. The summed E-state index contributed by atoms with van der Waals surface area (Å²) in [4.78, 5) is 20.6. The summed E-state index contributed by atoms with van der Waals surface area (Å²) in [6.45, 7) is 3.55. The highest BCUT2D eigenvalue weighted by Gasteiger charge is 2.42. The second-order valence-corrected chi connectivity index (χ2v) is 6.76. The van der Waals surface area contributed by atoms with Crippen molar-refractivity contribution in [2.24, 2.45) is 0 Å². The Morgan fingerprint density at radius 3 is 3.04 bits per heavy atom. The second-order valence-electron chi connectivity index (χ2n) is 5.92. The number of amides is 2. The minimum Gasteiger partial charge on any atom is -0.383 e. The molecule has 23 heavy (non-hydrogen) atoms. The van der Waals surface area contributed by atoms with Gasteiger partial charge in [0.15, 0.2) is 0 Å². The van der Waals surface area contributed by atoms with E-state index in [9.17, 15) is 4.79 Å². The van der Waals surface area contributed by atoms with Gasteiger partial charge in [-0.3, -0.25) is 9.88 Å². The Balaban J connectivity index is 1.61. The predicted molar refractivity (Wildman–Crippen MR) is 88.8 cm³/mol. The molecule has 1 aromatic rings. The number of carbonyl (C=O) groups excluding carboxylic acids is 1. The smallest absolute Gasteiger partial charge is 0.318 e. The first-order valence-electron chi connectivity index (χ1n) is 7.67. The summed E-state index contributed by atoms with van der Waals surface area (Å²) < 4.78 is 5.09. The van der Waals surface area contributed by atoms with Crippen LogP contribution in [0.2, 0.25) is 10.0 Å². The molecular formula is C15H20Cl2N4O2. The standard InChI is InChI=1S/C15H20Cl2N4O2/c1-23-5-4-21-14-2-3-20(9-13(14)19-15(21)22)8-12-11(17)6-10(16)7-18-12/h6-7,13-14H,2-5,8-9H2,1H3,(H,19,22)/t13-,14+/m1/s1. The maximum atomic E-state index is 12.1. The number of aromatic nitrogens is 1. The lowest BCUT2D eigenvalue weighted by Crippen LogP contribution is -2.51. The number of methoxy groups -OCH3 is 1.